The second-order valence-electron chi connectivity index (χ2n) is 4.14. The minimum absolute atomic E-state index is 0.151. The molecule has 0 aliphatic rings. The lowest BCUT2D eigenvalue weighted by molar-refractivity contribution is 0.405. The van der Waals surface area contributed by atoms with Crippen molar-refractivity contribution in [2.45, 2.75) is 17.9 Å². The number of rotatable bonds is 6. The Balaban J connectivity index is 2.88. The molecule has 4 nitrogen and oxygen atoms in total. The van der Waals surface area contributed by atoms with Crippen LogP contribution < -0.4 is 10.5 Å². The van der Waals surface area contributed by atoms with E-state index in [2.05, 4.69) is 0 Å². The largest absolute Gasteiger partial charge is 0.496 e. The summed E-state index contributed by atoms with van der Waals surface area (Å²) >= 11 is 1.49. The summed E-state index contributed by atoms with van der Waals surface area (Å²) in [7, 11) is -1.32. The van der Waals surface area contributed by atoms with E-state index in [4.69, 9.17) is 10.5 Å². The van der Waals surface area contributed by atoms with Crippen LogP contribution in [0.4, 0.5) is 0 Å². The van der Waals surface area contributed by atoms with E-state index in [-0.39, 0.29) is 11.8 Å². The summed E-state index contributed by atoms with van der Waals surface area (Å²) < 4.78 is 27.5. The molecular weight excluding hydrogens is 270 g/mol. The molecule has 2 N–H and O–H groups in total. The molecule has 0 heterocycles. The van der Waals surface area contributed by atoms with Crippen LogP contribution in [0.2, 0.25) is 0 Å². The van der Waals surface area contributed by atoms with E-state index < -0.39 is 9.84 Å². The minimum atomic E-state index is -2.93. The van der Waals surface area contributed by atoms with E-state index in [9.17, 15) is 8.42 Å². The van der Waals surface area contributed by atoms with Gasteiger partial charge < -0.3 is 10.5 Å². The fourth-order valence-electron chi connectivity index (χ4n) is 1.58. The highest BCUT2D eigenvalue weighted by atomic mass is 32.2. The number of methoxy groups -OCH3 is 1. The van der Waals surface area contributed by atoms with Gasteiger partial charge in [-0.2, -0.15) is 0 Å². The first kappa shape index (κ1) is 15.3. The van der Waals surface area contributed by atoms with Gasteiger partial charge in [-0.1, -0.05) is 6.07 Å². The van der Waals surface area contributed by atoms with Crippen LogP contribution in [-0.4, -0.2) is 33.3 Å². The van der Waals surface area contributed by atoms with Crippen LogP contribution in [0.25, 0.3) is 0 Å². The van der Waals surface area contributed by atoms with Crippen LogP contribution in [0.1, 0.15) is 18.5 Å². The Kier molecular flexibility index (Phi) is 5.49. The summed E-state index contributed by atoms with van der Waals surface area (Å²) in [6.45, 7) is 1.89. The smallest absolute Gasteiger partial charge is 0.148 e. The van der Waals surface area contributed by atoms with Crippen LogP contribution in [0.3, 0.4) is 0 Å². The molecule has 0 saturated carbocycles. The molecule has 1 aromatic carbocycles. The van der Waals surface area contributed by atoms with E-state index in [0.717, 1.165) is 16.2 Å². The molecule has 102 valence electrons. The van der Waals surface area contributed by atoms with Crippen molar-refractivity contribution in [3.05, 3.63) is 23.8 Å². The quantitative estimate of drug-likeness (QED) is 0.809. The molecule has 0 radical (unpaired) electrons. The van der Waals surface area contributed by atoms with Gasteiger partial charge in [-0.3, -0.25) is 0 Å². The molecule has 0 fully saturated rings. The van der Waals surface area contributed by atoms with E-state index in [1.807, 2.05) is 25.1 Å². The number of hydrogen-bond donors (Lipinski definition) is 1. The minimum Gasteiger partial charge on any atom is -0.496 e. The number of benzene rings is 1. The number of hydrogen-bond acceptors (Lipinski definition) is 5. The van der Waals surface area contributed by atoms with Gasteiger partial charge in [0.25, 0.3) is 0 Å². The summed E-state index contributed by atoms with van der Waals surface area (Å²) in [6.07, 6.45) is 1.24. The highest BCUT2D eigenvalue weighted by molar-refractivity contribution is 8.00. The summed E-state index contributed by atoms with van der Waals surface area (Å²) in [4.78, 5) is 0.980. The number of nitrogens with two attached hydrogens (primary N) is 1. The summed E-state index contributed by atoms with van der Waals surface area (Å²) in [5.41, 5.74) is 6.87. The highest BCUT2D eigenvalue weighted by Crippen LogP contribution is 2.33. The van der Waals surface area contributed by atoms with Crippen molar-refractivity contribution < 1.29 is 13.2 Å². The Labute approximate surface area is 113 Å². The molecule has 1 rings (SSSR count). The molecule has 0 spiro atoms. The maximum absolute atomic E-state index is 11.1. The second kappa shape index (κ2) is 6.45. The Morgan fingerprint density at radius 1 is 1.44 bits per heavy atom. The van der Waals surface area contributed by atoms with Crippen molar-refractivity contribution in [1.82, 2.24) is 0 Å². The molecule has 0 aromatic heterocycles. The standard InChI is InChI=1S/C12H19NO3S2/c1-9(13)12-10(16-2)5-4-6-11(12)17-7-8-18(3,14)15/h4-6,9H,7-8,13H2,1-3H3. The molecule has 0 bridgehead atoms. The number of thioether (sulfide) groups is 1. The average Bonchev–Trinajstić information content (AvgIpc) is 2.26. The Morgan fingerprint density at radius 2 is 2.11 bits per heavy atom. The molecule has 1 unspecified atom stereocenters. The first-order valence-electron chi connectivity index (χ1n) is 5.58. The van der Waals surface area contributed by atoms with E-state index in [1.54, 1.807) is 7.11 Å². The van der Waals surface area contributed by atoms with Crippen LogP contribution in [0.15, 0.2) is 23.1 Å². The van der Waals surface area contributed by atoms with Gasteiger partial charge in [-0.15, -0.1) is 11.8 Å². The molecule has 0 aliphatic carbocycles. The van der Waals surface area contributed by atoms with Crippen LogP contribution in [0, 0.1) is 0 Å². The first-order valence-corrected chi connectivity index (χ1v) is 8.62. The molecule has 1 atom stereocenters. The summed E-state index contributed by atoms with van der Waals surface area (Å²) in [5, 5.41) is 0. The Morgan fingerprint density at radius 3 is 2.61 bits per heavy atom. The van der Waals surface area contributed by atoms with Crippen LogP contribution >= 0.6 is 11.8 Å². The van der Waals surface area contributed by atoms with Gasteiger partial charge in [0.05, 0.1) is 12.9 Å². The van der Waals surface area contributed by atoms with Crippen molar-refractivity contribution >= 4 is 21.6 Å². The van der Waals surface area contributed by atoms with Gasteiger partial charge in [0, 0.05) is 28.5 Å². The highest BCUT2D eigenvalue weighted by Gasteiger charge is 2.14. The molecule has 0 aliphatic heterocycles. The molecule has 18 heavy (non-hydrogen) atoms. The van der Waals surface area contributed by atoms with Gasteiger partial charge in [-0.25, -0.2) is 8.42 Å². The van der Waals surface area contributed by atoms with Gasteiger partial charge in [0.15, 0.2) is 0 Å². The molecule has 1 aromatic rings. The van der Waals surface area contributed by atoms with E-state index in [0.29, 0.717) is 5.75 Å². The van der Waals surface area contributed by atoms with Gasteiger partial charge in [0.2, 0.25) is 0 Å². The van der Waals surface area contributed by atoms with Crippen molar-refractivity contribution in [2.75, 3.05) is 24.9 Å². The predicted molar refractivity (Wildman–Crippen MR) is 76.0 cm³/mol. The molecule has 0 saturated heterocycles. The maximum atomic E-state index is 11.1. The lowest BCUT2D eigenvalue weighted by Gasteiger charge is -2.16. The van der Waals surface area contributed by atoms with Crippen molar-refractivity contribution in [3.63, 3.8) is 0 Å². The molecular formula is C12H19NO3S2. The summed E-state index contributed by atoms with van der Waals surface area (Å²) in [6, 6.07) is 5.53. The van der Waals surface area contributed by atoms with Gasteiger partial charge >= 0.3 is 0 Å². The number of sulfone groups is 1. The maximum Gasteiger partial charge on any atom is 0.148 e. The molecule has 0 amide bonds. The van der Waals surface area contributed by atoms with Gasteiger partial charge in [-0.05, 0) is 19.1 Å². The zero-order valence-corrected chi connectivity index (χ0v) is 12.5. The van der Waals surface area contributed by atoms with Crippen LogP contribution in [-0.2, 0) is 9.84 Å². The normalized spacial score (nSPS) is 13.3. The lowest BCUT2D eigenvalue weighted by atomic mass is 10.1. The average molecular weight is 289 g/mol. The first-order chi connectivity index (χ1) is 8.35. The Hall–Kier alpha value is -0.720. The SMILES string of the molecule is COc1cccc(SCCS(C)(=O)=O)c1C(C)N. The fourth-order valence-corrected chi connectivity index (χ4v) is 3.96. The topological polar surface area (TPSA) is 69.4 Å². The third-order valence-electron chi connectivity index (χ3n) is 2.41. The van der Waals surface area contributed by atoms with Crippen molar-refractivity contribution in [2.24, 2.45) is 5.73 Å². The third-order valence-corrected chi connectivity index (χ3v) is 4.69. The zero-order chi connectivity index (χ0) is 13.8. The summed E-state index contributed by atoms with van der Waals surface area (Å²) in [5.74, 6) is 1.42. The van der Waals surface area contributed by atoms with Crippen molar-refractivity contribution in [1.29, 1.82) is 0 Å². The second-order valence-corrected chi connectivity index (χ2v) is 7.54. The van der Waals surface area contributed by atoms with E-state index in [1.165, 1.54) is 18.0 Å². The molecule has 6 heteroatoms. The Bertz CT molecular complexity index is 498. The lowest BCUT2D eigenvalue weighted by Crippen LogP contribution is -2.10. The zero-order valence-electron chi connectivity index (χ0n) is 10.8. The monoisotopic (exact) mass is 289 g/mol. The van der Waals surface area contributed by atoms with Gasteiger partial charge in [0.1, 0.15) is 15.6 Å². The fraction of sp³-hybridized carbons (Fsp3) is 0.500. The number of ether oxygens (including phenoxy) is 1. The predicted octanol–water partition coefficient (Wildman–Crippen LogP) is 1.85. The van der Waals surface area contributed by atoms with E-state index >= 15 is 0 Å². The van der Waals surface area contributed by atoms with Crippen molar-refractivity contribution in [3.8, 4) is 5.75 Å². The third kappa shape index (κ3) is 4.51. The van der Waals surface area contributed by atoms with Crippen LogP contribution in [0.5, 0.6) is 5.75 Å².